The van der Waals surface area contributed by atoms with Crippen molar-refractivity contribution in [3.05, 3.63) is 53.7 Å². The number of nitrogens with zero attached hydrogens (tertiary/aromatic N) is 2. The number of rotatable bonds is 2. The van der Waals surface area contributed by atoms with Gasteiger partial charge in [0.15, 0.2) is 0 Å². The quantitative estimate of drug-likeness (QED) is 0.903. The zero-order chi connectivity index (χ0) is 14.0. The van der Waals surface area contributed by atoms with Gasteiger partial charge in [-0.05, 0) is 30.3 Å². The van der Waals surface area contributed by atoms with Gasteiger partial charge >= 0.3 is 0 Å². The van der Waals surface area contributed by atoms with Crippen molar-refractivity contribution in [1.82, 2.24) is 4.98 Å². The Morgan fingerprint density at radius 1 is 1.26 bits per heavy atom. The Morgan fingerprint density at radius 3 is 2.63 bits per heavy atom. The van der Waals surface area contributed by atoms with Gasteiger partial charge < -0.3 is 10.6 Å². The third-order valence-corrected chi connectivity index (χ3v) is 2.62. The first-order valence-corrected chi connectivity index (χ1v) is 5.43. The summed E-state index contributed by atoms with van der Waals surface area (Å²) in [4.78, 5) is 17.1. The van der Waals surface area contributed by atoms with Crippen molar-refractivity contribution >= 4 is 17.4 Å². The maximum Gasteiger partial charge on any atom is 0.261 e. The summed E-state index contributed by atoms with van der Waals surface area (Å²) in [5.74, 6) is -1.81. The molecule has 0 unspecified atom stereocenters. The molecule has 2 N–H and O–H groups in total. The number of pyridine rings is 1. The van der Waals surface area contributed by atoms with Crippen molar-refractivity contribution in [3.63, 3.8) is 0 Å². The fourth-order valence-corrected chi connectivity index (χ4v) is 1.56. The highest BCUT2D eigenvalue weighted by Crippen LogP contribution is 2.17. The van der Waals surface area contributed by atoms with Crippen LogP contribution in [0.15, 0.2) is 36.5 Å². The number of nitrogens with two attached hydrogens (primary N) is 1. The van der Waals surface area contributed by atoms with Crippen LogP contribution in [0.5, 0.6) is 0 Å². The van der Waals surface area contributed by atoms with E-state index in [9.17, 15) is 13.6 Å². The van der Waals surface area contributed by atoms with Gasteiger partial charge in [0.05, 0.1) is 17.4 Å². The second-order valence-corrected chi connectivity index (χ2v) is 3.93. The smallest absolute Gasteiger partial charge is 0.261 e. The Hall–Kier alpha value is -2.50. The summed E-state index contributed by atoms with van der Waals surface area (Å²) >= 11 is 0. The van der Waals surface area contributed by atoms with Crippen molar-refractivity contribution in [1.29, 1.82) is 0 Å². The summed E-state index contributed by atoms with van der Waals surface area (Å²) in [6, 6.07) is 5.81. The van der Waals surface area contributed by atoms with Crippen LogP contribution in [0.4, 0.5) is 20.3 Å². The molecule has 0 bridgehead atoms. The van der Waals surface area contributed by atoms with Gasteiger partial charge in [0.1, 0.15) is 17.5 Å². The van der Waals surface area contributed by atoms with E-state index in [0.717, 1.165) is 18.2 Å². The molecule has 0 radical (unpaired) electrons. The Bertz CT molecular complexity index is 614. The first-order valence-electron chi connectivity index (χ1n) is 5.43. The number of benzene rings is 1. The van der Waals surface area contributed by atoms with E-state index in [2.05, 4.69) is 4.98 Å². The zero-order valence-electron chi connectivity index (χ0n) is 10.1. The highest BCUT2D eigenvalue weighted by Gasteiger charge is 2.18. The second-order valence-electron chi connectivity index (χ2n) is 3.93. The van der Waals surface area contributed by atoms with Crippen molar-refractivity contribution in [2.24, 2.45) is 0 Å². The second kappa shape index (κ2) is 5.01. The minimum Gasteiger partial charge on any atom is -0.384 e. The van der Waals surface area contributed by atoms with Gasteiger partial charge in [0, 0.05) is 7.05 Å². The van der Waals surface area contributed by atoms with E-state index < -0.39 is 17.5 Å². The summed E-state index contributed by atoms with van der Waals surface area (Å²) in [5, 5.41) is 0. The lowest BCUT2D eigenvalue weighted by atomic mass is 10.1. The Morgan fingerprint density at radius 2 is 2.00 bits per heavy atom. The van der Waals surface area contributed by atoms with Crippen LogP contribution in [0.2, 0.25) is 0 Å². The Labute approximate surface area is 108 Å². The molecule has 98 valence electrons. The molecule has 2 rings (SSSR count). The number of aromatic nitrogens is 1. The lowest BCUT2D eigenvalue weighted by molar-refractivity contribution is 0.0988. The van der Waals surface area contributed by atoms with Gasteiger partial charge in [0.25, 0.3) is 5.91 Å². The molecule has 4 nitrogen and oxygen atoms in total. The van der Waals surface area contributed by atoms with Crippen LogP contribution in [-0.2, 0) is 0 Å². The molecule has 0 saturated heterocycles. The highest BCUT2D eigenvalue weighted by molar-refractivity contribution is 6.05. The maximum absolute atomic E-state index is 13.5. The normalized spacial score (nSPS) is 10.3. The molecule has 1 amide bonds. The molecule has 1 heterocycles. The largest absolute Gasteiger partial charge is 0.384 e. The number of carbonyl (C=O) groups excluding carboxylic acids is 1. The highest BCUT2D eigenvalue weighted by atomic mass is 19.1. The summed E-state index contributed by atoms with van der Waals surface area (Å²) < 4.78 is 26.6. The third kappa shape index (κ3) is 2.67. The third-order valence-electron chi connectivity index (χ3n) is 2.62. The molecule has 0 aliphatic rings. The number of nitrogen functional groups attached to an aromatic ring is 1. The fraction of sp³-hybridized carbons (Fsp3) is 0.0769. The lowest BCUT2D eigenvalue weighted by Gasteiger charge is -2.17. The SMILES string of the molecule is CN(C(=O)c1cc(F)ccc1F)c1ccc(N)nc1. The predicted molar refractivity (Wildman–Crippen MR) is 67.7 cm³/mol. The monoisotopic (exact) mass is 263 g/mol. The molecule has 0 aliphatic carbocycles. The van der Waals surface area contributed by atoms with E-state index in [-0.39, 0.29) is 5.56 Å². The average molecular weight is 263 g/mol. The Balaban J connectivity index is 2.33. The number of carbonyl (C=O) groups is 1. The first kappa shape index (κ1) is 12.9. The van der Waals surface area contributed by atoms with Crippen molar-refractivity contribution < 1.29 is 13.6 Å². The van der Waals surface area contributed by atoms with Gasteiger partial charge in [0.2, 0.25) is 0 Å². The van der Waals surface area contributed by atoms with E-state index in [4.69, 9.17) is 5.73 Å². The van der Waals surface area contributed by atoms with Crippen LogP contribution in [0.3, 0.4) is 0 Å². The first-order chi connectivity index (χ1) is 8.99. The van der Waals surface area contributed by atoms with Crippen LogP contribution in [0, 0.1) is 11.6 Å². The summed E-state index contributed by atoms with van der Waals surface area (Å²) in [6.07, 6.45) is 1.38. The lowest BCUT2D eigenvalue weighted by Crippen LogP contribution is -2.27. The van der Waals surface area contributed by atoms with E-state index in [1.54, 1.807) is 6.07 Å². The molecular formula is C13H11F2N3O. The van der Waals surface area contributed by atoms with Crippen molar-refractivity contribution in [2.75, 3.05) is 17.7 Å². The minimum absolute atomic E-state index is 0.307. The van der Waals surface area contributed by atoms with Crippen molar-refractivity contribution in [3.8, 4) is 0 Å². The molecule has 1 aromatic heterocycles. The summed E-state index contributed by atoms with van der Waals surface area (Å²) in [5.41, 5.74) is 5.53. The van der Waals surface area contributed by atoms with Gasteiger partial charge in [-0.3, -0.25) is 4.79 Å². The molecule has 0 atom stereocenters. The van der Waals surface area contributed by atoms with Crippen LogP contribution in [-0.4, -0.2) is 17.9 Å². The molecule has 2 aromatic rings. The Kier molecular flexibility index (Phi) is 3.41. The van der Waals surface area contributed by atoms with E-state index in [1.165, 1.54) is 24.2 Å². The van der Waals surface area contributed by atoms with Crippen LogP contribution < -0.4 is 10.6 Å². The fourth-order valence-electron chi connectivity index (χ4n) is 1.56. The van der Waals surface area contributed by atoms with Gasteiger partial charge in [-0.2, -0.15) is 0 Å². The number of amides is 1. The van der Waals surface area contributed by atoms with Gasteiger partial charge in [-0.1, -0.05) is 0 Å². The van der Waals surface area contributed by atoms with Crippen molar-refractivity contribution in [2.45, 2.75) is 0 Å². The van der Waals surface area contributed by atoms with Crippen LogP contribution in [0.1, 0.15) is 10.4 Å². The summed E-state index contributed by atoms with van der Waals surface area (Å²) in [6.45, 7) is 0. The van der Waals surface area contributed by atoms with E-state index in [0.29, 0.717) is 11.5 Å². The summed E-state index contributed by atoms with van der Waals surface area (Å²) in [7, 11) is 1.44. The molecule has 0 spiro atoms. The standard InChI is InChI=1S/C13H11F2N3O/c1-18(9-3-5-12(16)17-7-9)13(19)10-6-8(14)2-4-11(10)15/h2-7H,1H3,(H2,16,17). The predicted octanol–water partition coefficient (Wildman–Crippen LogP) is 2.22. The average Bonchev–Trinajstić information content (AvgIpc) is 2.41. The molecule has 19 heavy (non-hydrogen) atoms. The van der Waals surface area contributed by atoms with E-state index in [1.807, 2.05) is 0 Å². The topological polar surface area (TPSA) is 59.2 Å². The van der Waals surface area contributed by atoms with E-state index >= 15 is 0 Å². The molecule has 6 heteroatoms. The van der Waals surface area contributed by atoms with Gasteiger partial charge in [-0.15, -0.1) is 0 Å². The number of hydrogen-bond donors (Lipinski definition) is 1. The number of halogens is 2. The molecule has 0 saturated carbocycles. The zero-order valence-corrected chi connectivity index (χ0v) is 10.1. The van der Waals surface area contributed by atoms with Crippen LogP contribution >= 0.6 is 0 Å². The molecule has 0 aliphatic heterocycles. The number of hydrogen-bond acceptors (Lipinski definition) is 3. The maximum atomic E-state index is 13.5. The molecule has 0 fully saturated rings. The minimum atomic E-state index is -0.776. The van der Waals surface area contributed by atoms with Gasteiger partial charge in [-0.25, -0.2) is 13.8 Å². The number of anilines is 2. The molecule has 1 aromatic carbocycles. The molecular weight excluding hydrogens is 252 g/mol. The van der Waals surface area contributed by atoms with Crippen LogP contribution in [0.25, 0.3) is 0 Å².